The van der Waals surface area contributed by atoms with Gasteiger partial charge in [0.1, 0.15) is 0 Å². The largest absolute Gasteiger partial charge is 0.352 e. The second-order valence-electron chi connectivity index (χ2n) is 4.04. The van der Waals surface area contributed by atoms with Crippen molar-refractivity contribution < 1.29 is 4.79 Å². The molecule has 0 saturated carbocycles. The van der Waals surface area contributed by atoms with E-state index in [9.17, 15) is 4.79 Å². The van der Waals surface area contributed by atoms with Gasteiger partial charge < -0.3 is 11.1 Å². The van der Waals surface area contributed by atoms with Gasteiger partial charge >= 0.3 is 0 Å². The lowest BCUT2D eigenvalue weighted by atomic mass is 10.2. The maximum absolute atomic E-state index is 11.4. The van der Waals surface area contributed by atoms with Crippen molar-refractivity contribution in [3.8, 4) is 0 Å². The number of carbonyl (C=O) groups excluding carboxylic acids is 1. The molecule has 0 saturated heterocycles. The van der Waals surface area contributed by atoms with Crippen LogP contribution in [0.25, 0.3) is 0 Å². The van der Waals surface area contributed by atoms with Crippen LogP contribution >= 0.6 is 11.8 Å². The molecule has 0 aliphatic heterocycles. The predicted molar refractivity (Wildman–Crippen MR) is 73.0 cm³/mol. The van der Waals surface area contributed by atoms with Gasteiger partial charge in [0.2, 0.25) is 5.91 Å². The van der Waals surface area contributed by atoms with Crippen LogP contribution in [0, 0.1) is 0 Å². The average Bonchev–Trinajstić information content (AvgIpc) is 2.28. The lowest BCUT2D eigenvalue weighted by Gasteiger charge is -2.07. The van der Waals surface area contributed by atoms with Crippen LogP contribution in [0.5, 0.6) is 0 Å². The number of hydrogen-bond donors (Lipinski definition) is 2. The van der Waals surface area contributed by atoms with Crippen molar-refractivity contribution in [3.05, 3.63) is 29.8 Å². The minimum absolute atomic E-state index is 0.00649. The van der Waals surface area contributed by atoms with Crippen LogP contribution in [0.4, 0.5) is 0 Å². The summed E-state index contributed by atoms with van der Waals surface area (Å²) in [5, 5.41) is 2.86. The number of nitrogens with one attached hydrogen (secondary N) is 1. The molecule has 0 bridgehead atoms. The first-order valence-electron chi connectivity index (χ1n) is 5.85. The van der Waals surface area contributed by atoms with E-state index >= 15 is 0 Å². The van der Waals surface area contributed by atoms with E-state index < -0.39 is 0 Å². The second kappa shape index (κ2) is 7.35. The van der Waals surface area contributed by atoms with Crippen LogP contribution in [0.2, 0.25) is 0 Å². The highest BCUT2D eigenvalue weighted by Gasteiger charge is 2.04. The molecule has 0 fully saturated rings. The van der Waals surface area contributed by atoms with Gasteiger partial charge in [-0.25, -0.2) is 0 Å². The molecule has 4 heteroatoms. The predicted octanol–water partition coefficient (Wildman–Crippen LogP) is 2.15. The molecule has 0 aliphatic rings. The molecule has 1 unspecified atom stereocenters. The van der Waals surface area contributed by atoms with Crippen LogP contribution < -0.4 is 11.1 Å². The molecule has 0 heterocycles. The Labute approximate surface area is 107 Å². The highest BCUT2D eigenvalue weighted by atomic mass is 32.2. The number of thioether (sulfide) groups is 1. The van der Waals surface area contributed by atoms with Crippen molar-refractivity contribution in [2.24, 2.45) is 5.73 Å². The average molecular weight is 252 g/mol. The van der Waals surface area contributed by atoms with Crippen molar-refractivity contribution in [2.75, 3.05) is 5.75 Å². The Bertz CT molecular complexity index is 349. The molecule has 1 aromatic rings. The molecule has 17 heavy (non-hydrogen) atoms. The molecule has 1 rings (SSSR count). The van der Waals surface area contributed by atoms with Gasteiger partial charge in [0, 0.05) is 23.9 Å². The summed E-state index contributed by atoms with van der Waals surface area (Å²) in [7, 11) is 0. The van der Waals surface area contributed by atoms with E-state index in [1.54, 1.807) is 0 Å². The first kappa shape index (κ1) is 14.1. The van der Waals surface area contributed by atoms with E-state index in [0.29, 0.717) is 13.0 Å². The van der Waals surface area contributed by atoms with Crippen LogP contribution in [0.15, 0.2) is 29.2 Å². The SMILES string of the molecule is CCSc1ccc(CNC(=O)CC(C)N)cc1. The summed E-state index contributed by atoms with van der Waals surface area (Å²) in [5.74, 6) is 1.08. The minimum atomic E-state index is -0.0849. The third kappa shape index (κ3) is 5.75. The highest BCUT2D eigenvalue weighted by molar-refractivity contribution is 7.99. The molecule has 0 spiro atoms. The Balaban J connectivity index is 2.39. The first-order chi connectivity index (χ1) is 8.11. The van der Waals surface area contributed by atoms with Crippen molar-refractivity contribution >= 4 is 17.7 Å². The van der Waals surface area contributed by atoms with Gasteiger partial charge in [-0.05, 0) is 30.4 Å². The molecule has 1 aromatic carbocycles. The van der Waals surface area contributed by atoms with E-state index in [1.165, 1.54) is 4.90 Å². The summed E-state index contributed by atoms with van der Waals surface area (Å²) >= 11 is 1.81. The molecular weight excluding hydrogens is 232 g/mol. The number of rotatable bonds is 6. The smallest absolute Gasteiger partial charge is 0.221 e. The van der Waals surface area contributed by atoms with Crippen LogP contribution in [0.1, 0.15) is 25.8 Å². The molecule has 0 aliphatic carbocycles. The van der Waals surface area contributed by atoms with Crippen LogP contribution in [0.3, 0.4) is 0 Å². The maximum atomic E-state index is 11.4. The van der Waals surface area contributed by atoms with Gasteiger partial charge in [-0.2, -0.15) is 0 Å². The molecule has 3 N–H and O–H groups in total. The zero-order valence-corrected chi connectivity index (χ0v) is 11.2. The monoisotopic (exact) mass is 252 g/mol. The molecule has 94 valence electrons. The Morgan fingerprint density at radius 2 is 2.06 bits per heavy atom. The Hall–Kier alpha value is -1.00. The molecular formula is C13H20N2OS. The summed E-state index contributed by atoms with van der Waals surface area (Å²) in [4.78, 5) is 12.7. The van der Waals surface area contributed by atoms with Gasteiger partial charge in [-0.3, -0.25) is 4.79 Å². The second-order valence-corrected chi connectivity index (χ2v) is 5.37. The first-order valence-corrected chi connectivity index (χ1v) is 6.84. The maximum Gasteiger partial charge on any atom is 0.221 e. The minimum Gasteiger partial charge on any atom is -0.352 e. The quantitative estimate of drug-likeness (QED) is 0.763. The lowest BCUT2D eigenvalue weighted by Crippen LogP contribution is -2.29. The molecule has 0 radical (unpaired) electrons. The van der Waals surface area contributed by atoms with Gasteiger partial charge in [0.05, 0.1) is 0 Å². The van der Waals surface area contributed by atoms with E-state index in [2.05, 4.69) is 24.4 Å². The van der Waals surface area contributed by atoms with Crippen LogP contribution in [-0.2, 0) is 11.3 Å². The third-order valence-electron chi connectivity index (χ3n) is 2.23. The molecule has 1 amide bonds. The van der Waals surface area contributed by atoms with Crippen LogP contribution in [-0.4, -0.2) is 17.7 Å². The highest BCUT2D eigenvalue weighted by Crippen LogP contribution is 2.17. The molecule has 0 aromatic heterocycles. The lowest BCUT2D eigenvalue weighted by molar-refractivity contribution is -0.121. The number of hydrogen-bond acceptors (Lipinski definition) is 3. The third-order valence-corrected chi connectivity index (χ3v) is 3.13. The van der Waals surface area contributed by atoms with Gasteiger partial charge in [-0.1, -0.05) is 19.1 Å². The van der Waals surface area contributed by atoms with Crippen molar-refractivity contribution in [2.45, 2.75) is 37.8 Å². The van der Waals surface area contributed by atoms with Crippen molar-refractivity contribution in [1.82, 2.24) is 5.32 Å². The number of nitrogens with two attached hydrogens (primary N) is 1. The Morgan fingerprint density at radius 3 is 2.59 bits per heavy atom. The number of benzene rings is 1. The zero-order valence-electron chi connectivity index (χ0n) is 10.4. The summed E-state index contributed by atoms with van der Waals surface area (Å²) in [5.41, 5.74) is 6.67. The fourth-order valence-corrected chi connectivity index (χ4v) is 2.10. The zero-order chi connectivity index (χ0) is 12.7. The summed E-state index contributed by atoms with van der Waals surface area (Å²) in [6, 6.07) is 8.18. The number of amides is 1. The number of carbonyl (C=O) groups is 1. The van der Waals surface area contributed by atoms with Gasteiger partial charge in [0.15, 0.2) is 0 Å². The van der Waals surface area contributed by atoms with E-state index in [1.807, 2.05) is 30.8 Å². The summed E-state index contributed by atoms with van der Waals surface area (Å²) < 4.78 is 0. The summed E-state index contributed by atoms with van der Waals surface area (Å²) in [6.45, 7) is 4.53. The Kier molecular flexibility index (Phi) is 6.08. The Morgan fingerprint density at radius 1 is 1.41 bits per heavy atom. The van der Waals surface area contributed by atoms with E-state index in [4.69, 9.17) is 5.73 Å². The fraction of sp³-hybridized carbons (Fsp3) is 0.462. The van der Waals surface area contributed by atoms with Gasteiger partial charge in [-0.15, -0.1) is 11.8 Å². The van der Waals surface area contributed by atoms with Gasteiger partial charge in [0.25, 0.3) is 0 Å². The molecule has 1 atom stereocenters. The summed E-state index contributed by atoms with van der Waals surface area (Å²) in [6.07, 6.45) is 0.379. The van der Waals surface area contributed by atoms with E-state index in [-0.39, 0.29) is 11.9 Å². The normalized spacial score (nSPS) is 12.2. The topological polar surface area (TPSA) is 55.1 Å². The van der Waals surface area contributed by atoms with Crippen molar-refractivity contribution in [3.63, 3.8) is 0 Å². The standard InChI is InChI=1S/C13H20N2OS/c1-3-17-12-6-4-11(5-7-12)9-15-13(16)8-10(2)14/h4-7,10H,3,8-9,14H2,1-2H3,(H,15,16). The fourth-order valence-electron chi connectivity index (χ4n) is 1.44. The van der Waals surface area contributed by atoms with Crippen molar-refractivity contribution in [1.29, 1.82) is 0 Å². The molecule has 3 nitrogen and oxygen atoms in total. The van der Waals surface area contributed by atoms with E-state index in [0.717, 1.165) is 11.3 Å².